The highest BCUT2D eigenvalue weighted by Gasteiger charge is 2.51. The lowest BCUT2D eigenvalue weighted by Crippen LogP contribution is -2.47. The van der Waals surface area contributed by atoms with Crippen molar-refractivity contribution in [3.63, 3.8) is 0 Å². The molecule has 0 bridgehead atoms. The third kappa shape index (κ3) is 2.95. The van der Waals surface area contributed by atoms with E-state index in [2.05, 4.69) is 37.0 Å². The zero-order valence-corrected chi connectivity index (χ0v) is 15.3. The first-order valence-electron chi connectivity index (χ1n) is 9.29. The first-order valence-corrected chi connectivity index (χ1v) is 9.29. The van der Waals surface area contributed by atoms with Crippen molar-refractivity contribution >= 4 is 0 Å². The lowest BCUT2D eigenvalue weighted by Gasteiger charge is -2.53. The maximum atomic E-state index is 10.9. The summed E-state index contributed by atoms with van der Waals surface area (Å²) in [5, 5.41) is 10.9. The lowest BCUT2D eigenvalue weighted by atomic mass is 9.52. The Labute approximate surface area is 146 Å². The van der Waals surface area contributed by atoms with E-state index in [0.717, 1.165) is 50.7 Å². The van der Waals surface area contributed by atoms with Crippen LogP contribution in [-0.4, -0.2) is 17.8 Å². The summed E-state index contributed by atoms with van der Waals surface area (Å²) in [5.74, 6) is 7.70. The molecule has 0 saturated heterocycles. The summed E-state index contributed by atoms with van der Waals surface area (Å²) in [7, 11) is 1.78. The SMILES string of the molecule is CC#C[C@@]1(O)CC[C@@]2(C/C=C/C)C3=C(CC[C@@H]2C1)CC(OC)=CC3. The van der Waals surface area contributed by atoms with Gasteiger partial charge in [-0.25, -0.2) is 0 Å². The number of aliphatic hydroxyl groups is 1. The van der Waals surface area contributed by atoms with E-state index in [4.69, 9.17) is 4.74 Å². The van der Waals surface area contributed by atoms with Crippen LogP contribution in [0.5, 0.6) is 0 Å². The van der Waals surface area contributed by atoms with Crippen molar-refractivity contribution in [2.24, 2.45) is 11.3 Å². The molecule has 0 radical (unpaired) electrons. The average molecular weight is 326 g/mol. The molecule has 3 atom stereocenters. The maximum Gasteiger partial charge on any atom is 0.125 e. The summed E-state index contributed by atoms with van der Waals surface area (Å²) in [6, 6.07) is 0. The number of fused-ring (bicyclic) bond motifs is 2. The summed E-state index contributed by atoms with van der Waals surface area (Å²) in [6.07, 6.45) is 14.8. The van der Waals surface area contributed by atoms with Crippen LogP contribution in [0.25, 0.3) is 0 Å². The summed E-state index contributed by atoms with van der Waals surface area (Å²) in [6.45, 7) is 3.94. The minimum Gasteiger partial charge on any atom is -0.501 e. The van der Waals surface area contributed by atoms with Crippen LogP contribution in [0.15, 0.2) is 35.1 Å². The second kappa shape index (κ2) is 6.81. The molecule has 24 heavy (non-hydrogen) atoms. The van der Waals surface area contributed by atoms with E-state index >= 15 is 0 Å². The number of ether oxygens (including phenoxy) is 1. The summed E-state index contributed by atoms with van der Waals surface area (Å²) >= 11 is 0. The first kappa shape index (κ1) is 17.4. The van der Waals surface area contributed by atoms with Gasteiger partial charge in [0, 0.05) is 6.42 Å². The van der Waals surface area contributed by atoms with Gasteiger partial charge in [0.2, 0.25) is 0 Å². The lowest BCUT2D eigenvalue weighted by molar-refractivity contribution is -0.0253. The Morgan fingerprint density at radius 2 is 2.25 bits per heavy atom. The van der Waals surface area contributed by atoms with Gasteiger partial charge in [-0.3, -0.25) is 0 Å². The van der Waals surface area contributed by atoms with E-state index in [-0.39, 0.29) is 5.41 Å². The molecule has 130 valence electrons. The van der Waals surface area contributed by atoms with E-state index < -0.39 is 5.60 Å². The van der Waals surface area contributed by atoms with Crippen LogP contribution in [0.3, 0.4) is 0 Å². The van der Waals surface area contributed by atoms with Crippen molar-refractivity contribution in [2.45, 2.75) is 70.8 Å². The molecule has 0 aromatic heterocycles. The van der Waals surface area contributed by atoms with Gasteiger partial charge in [-0.15, -0.1) is 5.92 Å². The Bertz CT molecular complexity index is 643. The predicted octanol–water partition coefficient (Wildman–Crippen LogP) is 4.91. The molecule has 0 spiro atoms. The molecule has 2 heteroatoms. The predicted molar refractivity (Wildman–Crippen MR) is 98.2 cm³/mol. The molecule has 0 unspecified atom stereocenters. The fraction of sp³-hybridized carbons (Fsp3) is 0.636. The van der Waals surface area contributed by atoms with Gasteiger partial charge in [-0.2, -0.15) is 0 Å². The van der Waals surface area contributed by atoms with Crippen molar-refractivity contribution < 1.29 is 9.84 Å². The highest BCUT2D eigenvalue weighted by atomic mass is 16.5. The molecule has 0 heterocycles. The van der Waals surface area contributed by atoms with Gasteiger partial charge < -0.3 is 9.84 Å². The topological polar surface area (TPSA) is 29.5 Å². The Kier molecular flexibility index (Phi) is 4.92. The van der Waals surface area contributed by atoms with E-state index in [9.17, 15) is 5.11 Å². The van der Waals surface area contributed by atoms with Crippen molar-refractivity contribution in [1.29, 1.82) is 0 Å². The van der Waals surface area contributed by atoms with Crippen LogP contribution in [0, 0.1) is 23.2 Å². The number of rotatable bonds is 3. The number of allylic oxidation sites excluding steroid dienone is 5. The zero-order valence-electron chi connectivity index (χ0n) is 15.3. The Balaban J connectivity index is 1.95. The number of hydrogen-bond donors (Lipinski definition) is 1. The monoisotopic (exact) mass is 326 g/mol. The highest BCUT2D eigenvalue weighted by Crippen LogP contribution is 2.59. The minimum absolute atomic E-state index is 0.220. The highest BCUT2D eigenvalue weighted by molar-refractivity contribution is 5.37. The van der Waals surface area contributed by atoms with Crippen molar-refractivity contribution in [3.05, 3.63) is 35.1 Å². The van der Waals surface area contributed by atoms with Gasteiger partial charge in [-0.05, 0) is 76.2 Å². The molecule has 0 amide bonds. The largest absolute Gasteiger partial charge is 0.501 e. The second-order valence-electron chi connectivity index (χ2n) is 7.61. The molecule has 1 N–H and O–H groups in total. The van der Waals surface area contributed by atoms with E-state index in [0.29, 0.717) is 5.92 Å². The van der Waals surface area contributed by atoms with Gasteiger partial charge in [0.05, 0.1) is 12.9 Å². The molecule has 3 rings (SSSR count). The first-order chi connectivity index (χ1) is 11.6. The molecule has 0 aliphatic heterocycles. The van der Waals surface area contributed by atoms with Crippen molar-refractivity contribution in [1.82, 2.24) is 0 Å². The Morgan fingerprint density at radius 1 is 1.42 bits per heavy atom. The second-order valence-corrected chi connectivity index (χ2v) is 7.61. The standard InChI is InChI=1S/C22H30O2/c1-4-6-12-22-14-13-21(23,11-5-2)16-18(22)8-7-17-15-19(24-3)9-10-20(17)22/h4,6,9,18,23H,7-8,10,12-16H2,1-3H3/b6-4+/t18-,21-,22-/m1/s1. The van der Waals surface area contributed by atoms with Gasteiger partial charge in [0.15, 0.2) is 0 Å². The van der Waals surface area contributed by atoms with Gasteiger partial charge in [-0.1, -0.05) is 29.2 Å². The molecule has 1 saturated carbocycles. The van der Waals surface area contributed by atoms with E-state index in [1.165, 1.54) is 6.42 Å². The van der Waals surface area contributed by atoms with E-state index in [1.54, 1.807) is 18.3 Å². The molecule has 3 aliphatic rings. The number of hydrogen-bond acceptors (Lipinski definition) is 2. The Morgan fingerprint density at radius 3 is 2.96 bits per heavy atom. The van der Waals surface area contributed by atoms with E-state index in [1.807, 2.05) is 6.92 Å². The van der Waals surface area contributed by atoms with Crippen LogP contribution in [0.4, 0.5) is 0 Å². The molecule has 0 aromatic carbocycles. The minimum atomic E-state index is -0.779. The quantitative estimate of drug-likeness (QED) is 0.590. The molecular weight excluding hydrogens is 296 g/mol. The van der Waals surface area contributed by atoms with Crippen molar-refractivity contribution in [2.75, 3.05) is 7.11 Å². The normalized spacial score (nSPS) is 35.7. The van der Waals surface area contributed by atoms with Crippen LogP contribution < -0.4 is 0 Å². The fourth-order valence-electron chi connectivity index (χ4n) is 5.23. The van der Waals surface area contributed by atoms with Crippen LogP contribution in [-0.2, 0) is 4.74 Å². The van der Waals surface area contributed by atoms with Crippen LogP contribution in [0.2, 0.25) is 0 Å². The molecular formula is C22H30O2. The van der Waals surface area contributed by atoms with Gasteiger partial charge >= 0.3 is 0 Å². The molecule has 3 aliphatic carbocycles. The van der Waals surface area contributed by atoms with Gasteiger partial charge in [0.1, 0.15) is 5.60 Å². The Hall–Kier alpha value is -1.46. The third-order valence-corrected chi connectivity index (χ3v) is 6.43. The smallest absolute Gasteiger partial charge is 0.125 e. The van der Waals surface area contributed by atoms with Crippen molar-refractivity contribution in [3.8, 4) is 11.8 Å². The summed E-state index contributed by atoms with van der Waals surface area (Å²) in [5.41, 5.74) is 2.68. The van der Waals surface area contributed by atoms with Crippen LogP contribution in [0.1, 0.15) is 65.2 Å². The molecule has 2 nitrogen and oxygen atoms in total. The maximum absolute atomic E-state index is 10.9. The summed E-state index contributed by atoms with van der Waals surface area (Å²) in [4.78, 5) is 0. The molecule has 0 aromatic rings. The molecule has 1 fully saturated rings. The number of methoxy groups -OCH3 is 1. The fourth-order valence-corrected chi connectivity index (χ4v) is 5.23. The third-order valence-electron chi connectivity index (χ3n) is 6.43. The zero-order chi connectivity index (χ0) is 17.2. The van der Waals surface area contributed by atoms with Crippen LogP contribution >= 0.6 is 0 Å². The summed E-state index contributed by atoms with van der Waals surface area (Å²) < 4.78 is 5.51. The van der Waals surface area contributed by atoms with Gasteiger partial charge in [0.25, 0.3) is 0 Å². The average Bonchev–Trinajstić information content (AvgIpc) is 2.59.